The van der Waals surface area contributed by atoms with Crippen molar-refractivity contribution < 1.29 is 0 Å². The molecule has 0 bridgehead atoms. The molecule has 0 heterocycles. The summed E-state index contributed by atoms with van der Waals surface area (Å²) in [5.74, 6) is 0. The predicted molar refractivity (Wildman–Crippen MR) is 370 cm³/mol. The quantitative estimate of drug-likeness (QED) is 0.101. The Bertz CT molecular complexity index is 4710. The molecule has 0 unspecified atom stereocenters. The number of para-hydroxylation sites is 6. The lowest BCUT2D eigenvalue weighted by Crippen LogP contribution is -2.09. The molecule has 0 fully saturated rings. The lowest BCUT2D eigenvalue weighted by Gasteiger charge is -2.26. The maximum Gasteiger partial charge on any atom is 0.0462 e. The highest BCUT2D eigenvalue weighted by atomic mass is 15.2. The summed E-state index contributed by atoms with van der Waals surface area (Å²) in [6.45, 7) is 0. The molecular formula is C84H59N3. The number of hydrogen-bond acceptors (Lipinski definition) is 3. The third kappa shape index (κ3) is 10.1. The molecule has 0 aliphatic heterocycles. The van der Waals surface area contributed by atoms with Gasteiger partial charge in [-0.2, -0.15) is 0 Å². The molecule has 0 aliphatic rings. The molecule has 15 aromatic carbocycles. The summed E-state index contributed by atoms with van der Waals surface area (Å²) in [5.41, 5.74) is 21.4. The number of benzene rings is 15. The minimum Gasteiger partial charge on any atom is -0.311 e. The third-order valence-electron chi connectivity index (χ3n) is 16.8. The van der Waals surface area contributed by atoms with Gasteiger partial charge in [0.15, 0.2) is 0 Å². The van der Waals surface area contributed by atoms with E-state index < -0.39 is 0 Å². The molecule has 3 nitrogen and oxygen atoms in total. The van der Waals surface area contributed by atoms with Crippen molar-refractivity contribution in [2.24, 2.45) is 0 Å². The molecule has 0 radical (unpaired) electrons. The highest BCUT2D eigenvalue weighted by molar-refractivity contribution is 6.33. The summed E-state index contributed by atoms with van der Waals surface area (Å²) in [6, 6.07) is 130. The summed E-state index contributed by atoms with van der Waals surface area (Å²) in [7, 11) is 0. The zero-order valence-corrected chi connectivity index (χ0v) is 47.9. The van der Waals surface area contributed by atoms with Crippen molar-refractivity contribution in [1.82, 2.24) is 0 Å². The van der Waals surface area contributed by atoms with Crippen LogP contribution in [0, 0.1) is 0 Å². The molecule has 0 saturated carbocycles. The van der Waals surface area contributed by atoms with Gasteiger partial charge in [-0.15, -0.1) is 0 Å². The Hall–Kier alpha value is -11.5. The lowest BCUT2D eigenvalue weighted by molar-refractivity contribution is 1.28. The van der Waals surface area contributed by atoms with Gasteiger partial charge in [-0.25, -0.2) is 0 Å². The van der Waals surface area contributed by atoms with Gasteiger partial charge in [0, 0.05) is 51.2 Å². The van der Waals surface area contributed by atoms with E-state index in [0.717, 1.165) is 84.6 Å². The van der Waals surface area contributed by atoms with Crippen LogP contribution in [-0.4, -0.2) is 0 Å². The van der Waals surface area contributed by atoms with Gasteiger partial charge < -0.3 is 14.7 Å². The Balaban J connectivity index is 0.992. The zero-order chi connectivity index (χ0) is 57.9. The van der Waals surface area contributed by atoms with Gasteiger partial charge in [0.25, 0.3) is 0 Å². The normalized spacial score (nSPS) is 11.2. The molecule has 410 valence electrons. The largest absolute Gasteiger partial charge is 0.311 e. The fraction of sp³-hybridized carbons (Fsp3) is 0. The van der Waals surface area contributed by atoms with Crippen LogP contribution in [0.25, 0.3) is 88.0 Å². The van der Waals surface area contributed by atoms with Crippen molar-refractivity contribution in [2.45, 2.75) is 0 Å². The highest BCUT2D eigenvalue weighted by Gasteiger charge is 2.24. The minimum absolute atomic E-state index is 1.08. The second-order valence-electron chi connectivity index (χ2n) is 22.0. The van der Waals surface area contributed by atoms with Crippen molar-refractivity contribution in [1.29, 1.82) is 0 Å². The molecule has 0 amide bonds. The summed E-state index contributed by atoms with van der Waals surface area (Å²) >= 11 is 0. The standard InChI is InChI=1S/C84H59N3/c1-9-25-60(26-10-1)65-47-55-76-80(57-65)81-58-66(61-41-49-73(50-42-61)85(67-29-13-3-14-30-67)68-31-15-4-16-32-68)48-56-77(81)84-82(64-45-53-75(54-46-64)87(71-37-21-7-22-38-71)72-39-23-8-24-40-72)78(62-27-11-2-12-28-62)59-79(83(76)84)63-43-51-74(52-44-63)86(69-33-17-5-18-34-69)70-35-19-6-20-36-70/h1-59H. The molecule has 0 saturated heterocycles. The van der Waals surface area contributed by atoms with Crippen molar-refractivity contribution >= 4 is 83.5 Å². The topological polar surface area (TPSA) is 9.72 Å². The van der Waals surface area contributed by atoms with Gasteiger partial charge >= 0.3 is 0 Å². The minimum atomic E-state index is 1.08. The van der Waals surface area contributed by atoms with Crippen LogP contribution in [-0.2, 0) is 0 Å². The predicted octanol–water partition coefficient (Wildman–Crippen LogP) is 23.9. The number of anilines is 9. The highest BCUT2D eigenvalue weighted by Crippen LogP contribution is 2.51. The fourth-order valence-corrected chi connectivity index (χ4v) is 12.7. The Morgan fingerprint density at radius 1 is 0.149 bits per heavy atom. The van der Waals surface area contributed by atoms with E-state index in [4.69, 9.17) is 0 Å². The molecule has 0 atom stereocenters. The van der Waals surface area contributed by atoms with E-state index >= 15 is 0 Å². The first-order valence-corrected chi connectivity index (χ1v) is 29.8. The lowest BCUT2D eigenvalue weighted by atomic mass is 9.80. The summed E-state index contributed by atoms with van der Waals surface area (Å²) in [6.07, 6.45) is 0. The number of hydrogen-bond donors (Lipinski definition) is 0. The van der Waals surface area contributed by atoms with Gasteiger partial charge in [0.1, 0.15) is 0 Å². The summed E-state index contributed by atoms with van der Waals surface area (Å²) in [4.78, 5) is 7.00. The molecular weight excluding hydrogens is 1050 g/mol. The second kappa shape index (κ2) is 23.3. The van der Waals surface area contributed by atoms with Crippen LogP contribution >= 0.6 is 0 Å². The molecule has 87 heavy (non-hydrogen) atoms. The molecule has 15 rings (SSSR count). The first-order chi connectivity index (χ1) is 43.2. The van der Waals surface area contributed by atoms with Crippen LogP contribution in [0.3, 0.4) is 0 Å². The average Bonchev–Trinajstić information content (AvgIpc) is 2.18. The molecule has 3 heteroatoms. The molecule has 0 spiro atoms. The van der Waals surface area contributed by atoms with E-state index in [9.17, 15) is 0 Å². The van der Waals surface area contributed by atoms with Crippen LogP contribution in [0.15, 0.2) is 358 Å². The van der Waals surface area contributed by atoms with Crippen LogP contribution in [0.5, 0.6) is 0 Å². The van der Waals surface area contributed by atoms with Gasteiger partial charge in [-0.05, 0) is 215 Å². The van der Waals surface area contributed by atoms with Crippen LogP contribution < -0.4 is 14.7 Å². The SMILES string of the molecule is c1ccc(-c2ccc3c(c2)c2cc(-c4ccc(N(c5ccccc5)c5ccccc5)cc4)ccc2c2c(-c4ccc(N(c5ccccc5)c5ccccc5)cc4)c(-c4ccccc4)cc(-c4ccc(N(c5ccccc5)c5ccccc5)cc4)c32)cc1. The van der Waals surface area contributed by atoms with Crippen molar-refractivity contribution in [3.8, 4) is 55.6 Å². The van der Waals surface area contributed by atoms with Crippen molar-refractivity contribution in [3.05, 3.63) is 358 Å². The Morgan fingerprint density at radius 2 is 0.402 bits per heavy atom. The van der Waals surface area contributed by atoms with E-state index in [1.54, 1.807) is 0 Å². The van der Waals surface area contributed by atoms with E-state index in [1.165, 1.54) is 54.6 Å². The summed E-state index contributed by atoms with van der Waals surface area (Å²) in [5, 5.41) is 7.19. The van der Waals surface area contributed by atoms with Gasteiger partial charge in [-0.3, -0.25) is 0 Å². The van der Waals surface area contributed by atoms with E-state index in [0.29, 0.717) is 0 Å². The average molecular weight is 1110 g/mol. The number of rotatable bonds is 14. The first-order valence-electron chi connectivity index (χ1n) is 29.8. The molecule has 0 N–H and O–H groups in total. The number of nitrogens with zero attached hydrogens (tertiary/aromatic N) is 3. The van der Waals surface area contributed by atoms with Gasteiger partial charge in [0.05, 0.1) is 0 Å². The second-order valence-corrected chi connectivity index (χ2v) is 22.0. The maximum atomic E-state index is 2.48. The first kappa shape index (κ1) is 52.3. The van der Waals surface area contributed by atoms with E-state index in [1.807, 2.05) is 0 Å². The molecule has 15 aromatic rings. The monoisotopic (exact) mass is 1110 g/mol. The molecule has 0 aromatic heterocycles. The van der Waals surface area contributed by atoms with Gasteiger partial charge in [-0.1, -0.05) is 231 Å². The maximum absolute atomic E-state index is 2.48. The Morgan fingerprint density at radius 3 is 0.759 bits per heavy atom. The van der Waals surface area contributed by atoms with E-state index in [-0.39, 0.29) is 0 Å². The number of fused-ring (bicyclic) bond motifs is 6. The zero-order valence-electron chi connectivity index (χ0n) is 47.9. The van der Waals surface area contributed by atoms with Crippen LogP contribution in [0.2, 0.25) is 0 Å². The fourth-order valence-electron chi connectivity index (χ4n) is 12.7. The van der Waals surface area contributed by atoms with Crippen LogP contribution in [0.1, 0.15) is 0 Å². The van der Waals surface area contributed by atoms with Crippen molar-refractivity contribution in [2.75, 3.05) is 14.7 Å². The van der Waals surface area contributed by atoms with E-state index in [2.05, 4.69) is 373 Å². The smallest absolute Gasteiger partial charge is 0.0462 e. The van der Waals surface area contributed by atoms with Crippen LogP contribution in [0.4, 0.5) is 51.2 Å². The Kier molecular flexibility index (Phi) is 14.0. The summed E-state index contributed by atoms with van der Waals surface area (Å²) < 4.78 is 0. The van der Waals surface area contributed by atoms with Crippen molar-refractivity contribution in [3.63, 3.8) is 0 Å². The molecule has 0 aliphatic carbocycles. The van der Waals surface area contributed by atoms with Gasteiger partial charge in [0.2, 0.25) is 0 Å². The third-order valence-corrected chi connectivity index (χ3v) is 16.8. The Labute approximate surface area is 508 Å².